The minimum absolute atomic E-state index is 0.292. The summed E-state index contributed by atoms with van der Waals surface area (Å²) in [4.78, 5) is 14.6. The minimum atomic E-state index is -0.549. The molecule has 0 radical (unpaired) electrons. The van der Waals surface area contributed by atoms with Gasteiger partial charge in [-0.05, 0) is 30.7 Å². The largest absolute Gasteiger partial charge is 0.477 e. The first-order valence-corrected chi connectivity index (χ1v) is 3.91. The smallest absolute Gasteiger partial charge is 0.257 e. The molecule has 0 spiro atoms. The van der Waals surface area contributed by atoms with Gasteiger partial charge in [0.2, 0.25) is 5.88 Å². The first kappa shape index (κ1) is 9.00. The normalized spacial score (nSPS) is 9.50. The fourth-order valence-corrected chi connectivity index (χ4v) is 0.936. The van der Waals surface area contributed by atoms with Crippen LogP contribution in [0.3, 0.4) is 0 Å². The molecule has 12 heavy (non-hydrogen) atoms. The third-order valence-electron chi connectivity index (χ3n) is 1.26. The van der Waals surface area contributed by atoms with E-state index in [0.717, 1.165) is 0 Å². The fraction of sp³-hybridized carbons (Fsp3) is 0.250. The van der Waals surface area contributed by atoms with E-state index in [1.807, 2.05) is 6.92 Å². The van der Waals surface area contributed by atoms with Crippen LogP contribution in [-0.4, -0.2) is 16.8 Å². The summed E-state index contributed by atoms with van der Waals surface area (Å²) in [7, 11) is 0. The van der Waals surface area contributed by atoms with Crippen molar-refractivity contribution in [2.24, 2.45) is 0 Å². The lowest BCUT2D eigenvalue weighted by molar-refractivity contribution is 0.107. The number of halogens is 1. The summed E-state index contributed by atoms with van der Waals surface area (Å²) in [5.41, 5.74) is 0.306. The summed E-state index contributed by atoms with van der Waals surface area (Å²) >= 11 is 5.29. The van der Waals surface area contributed by atoms with Crippen LogP contribution < -0.4 is 4.74 Å². The fourth-order valence-electron chi connectivity index (χ4n) is 0.792. The Morgan fingerprint density at radius 3 is 3.08 bits per heavy atom. The summed E-state index contributed by atoms with van der Waals surface area (Å²) in [5.74, 6) is 0.292. The molecular weight excluding hydrogens is 178 g/mol. The standard InChI is InChI=1S/C8H8ClNO2/c1-2-12-8-6(7(9)11)4-3-5-10-8/h3-5H,2H2,1H3. The van der Waals surface area contributed by atoms with Crippen molar-refractivity contribution >= 4 is 16.8 Å². The molecule has 0 aliphatic carbocycles. The van der Waals surface area contributed by atoms with Gasteiger partial charge in [0.25, 0.3) is 5.24 Å². The molecule has 4 heteroatoms. The Kier molecular flexibility index (Phi) is 3.05. The van der Waals surface area contributed by atoms with Gasteiger partial charge in [-0.3, -0.25) is 4.79 Å². The van der Waals surface area contributed by atoms with Crippen molar-refractivity contribution in [1.82, 2.24) is 4.98 Å². The van der Waals surface area contributed by atoms with E-state index < -0.39 is 5.24 Å². The van der Waals surface area contributed by atoms with Gasteiger partial charge in [0.05, 0.1) is 12.2 Å². The molecule has 1 rings (SSSR count). The second-order valence-electron chi connectivity index (χ2n) is 2.06. The van der Waals surface area contributed by atoms with E-state index in [9.17, 15) is 4.79 Å². The zero-order valence-electron chi connectivity index (χ0n) is 6.58. The van der Waals surface area contributed by atoms with Crippen LogP contribution in [0.15, 0.2) is 18.3 Å². The molecule has 0 atom stereocenters. The maximum atomic E-state index is 10.8. The highest BCUT2D eigenvalue weighted by Gasteiger charge is 2.09. The zero-order valence-corrected chi connectivity index (χ0v) is 7.34. The predicted octanol–water partition coefficient (Wildman–Crippen LogP) is 1.86. The van der Waals surface area contributed by atoms with E-state index in [2.05, 4.69) is 4.98 Å². The van der Waals surface area contributed by atoms with E-state index in [1.54, 1.807) is 18.3 Å². The molecular formula is C8H8ClNO2. The molecule has 3 nitrogen and oxygen atoms in total. The topological polar surface area (TPSA) is 39.2 Å². The second-order valence-corrected chi connectivity index (χ2v) is 2.41. The molecule has 0 N–H and O–H groups in total. The Hall–Kier alpha value is -1.09. The van der Waals surface area contributed by atoms with Gasteiger partial charge < -0.3 is 4.74 Å². The molecule has 0 aliphatic rings. The number of pyridine rings is 1. The lowest BCUT2D eigenvalue weighted by Crippen LogP contribution is -2.00. The Balaban J connectivity index is 3.00. The molecule has 0 fully saturated rings. The molecule has 1 heterocycles. The first-order valence-electron chi connectivity index (χ1n) is 3.53. The number of carbonyl (C=O) groups excluding carboxylic acids is 1. The van der Waals surface area contributed by atoms with Gasteiger partial charge in [0, 0.05) is 6.20 Å². The number of aromatic nitrogens is 1. The highest BCUT2D eigenvalue weighted by atomic mass is 35.5. The van der Waals surface area contributed by atoms with Crippen LogP contribution in [0.25, 0.3) is 0 Å². The van der Waals surface area contributed by atoms with Crippen molar-refractivity contribution in [3.63, 3.8) is 0 Å². The van der Waals surface area contributed by atoms with Crippen molar-refractivity contribution < 1.29 is 9.53 Å². The Bertz CT molecular complexity index is 288. The third-order valence-corrected chi connectivity index (χ3v) is 1.47. The maximum Gasteiger partial charge on any atom is 0.257 e. The van der Waals surface area contributed by atoms with Gasteiger partial charge in [-0.25, -0.2) is 4.98 Å². The van der Waals surface area contributed by atoms with Crippen molar-refractivity contribution in [3.05, 3.63) is 23.9 Å². The summed E-state index contributed by atoms with van der Waals surface area (Å²) < 4.78 is 5.08. The quantitative estimate of drug-likeness (QED) is 0.675. The van der Waals surface area contributed by atoms with Gasteiger partial charge in [-0.15, -0.1) is 0 Å². The van der Waals surface area contributed by atoms with E-state index in [1.165, 1.54) is 0 Å². The number of hydrogen-bond acceptors (Lipinski definition) is 3. The summed E-state index contributed by atoms with van der Waals surface area (Å²) in [6.45, 7) is 2.28. The van der Waals surface area contributed by atoms with Crippen molar-refractivity contribution in [2.45, 2.75) is 6.92 Å². The lowest BCUT2D eigenvalue weighted by Gasteiger charge is -2.03. The van der Waals surface area contributed by atoms with E-state index in [0.29, 0.717) is 18.1 Å². The average molecular weight is 186 g/mol. The number of ether oxygens (including phenoxy) is 1. The highest BCUT2D eigenvalue weighted by molar-refractivity contribution is 6.68. The molecule has 1 aromatic heterocycles. The van der Waals surface area contributed by atoms with Gasteiger partial charge in [0.1, 0.15) is 0 Å². The summed E-state index contributed by atoms with van der Waals surface area (Å²) in [6.07, 6.45) is 1.55. The highest BCUT2D eigenvalue weighted by Crippen LogP contribution is 2.15. The van der Waals surface area contributed by atoms with E-state index in [-0.39, 0.29) is 0 Å². The number of hydrogen-bond donors (Lipinski definition) is 0. The van der Waals surface area contributed by atoms with E-state index >= 15 is 0 Å². The van der Waals surface area contributed by atoms with E-state index in [4.69, 9.17) is 16.3 Å². The molecule has 0 aromatic carbocycles. The molecule has 64 valence electrons. The van der Waals surface area contributed by atoms with Crippen molar-refractivity contribution in [3.8, 4) is 5.88 Å². The van der Waals surface area contributed by atoms with Crippen LogP contribution in [0.1, 0.15) is 17.3 Å². The molecule has 0 saturated carbocycles. The summed E-state index contributed by atoms with van der Waals surface area (Å²) in [5, 5.41) is -0.549. The zero-order chi connectivity index (χ0) is 8.97. The molecule has 0 bridgehead atoms. The second kappa shape index (κ2) is 4.07. The SMILES string of the molecule is CCOc1ncccc1C(=O)Cl. The van der Waals surface area contributed by atoms with Crippen LogP contribution >= 0.6 is 11.6 Å². The van der Waals surface area contributed by atoms with Crippen LogP contribution in [-0.2, 0) is 0 Å². The Labute approximate surface area is 75.3 Å². The van der Waals surface area contributed by atoms with Gasteiger partial charge in [-0.2, -0.15) is 0 Å². The molecule has 1 aromatic rings. The van der Waals surface area contributed by atoms with Crippen LogP contribution in [0.2, 0.25) is 0 Å². The molecule has 0 unspecified atom stereocenters. The average Bonchev–Trinajstić information content (AvgIpc) is 2.05. The predicted molar refractivity (Wildman–Crippen MR) is 45.6 cm³/mol. The Morgan fingerprint density at radius 2 is 2.50 bits per heavy atom. The maximum absolute atomic E-state index is 10.8. The van der Waals surface area contributed by atoms with Gasteiger partial charge >= 0.3 is 0 Å². The lowest BCUT2D eigenvalue weighted by atomic mass is 10.3. The van der Waals surface area contributed by atoms with Gasteiger partial charge in [0.15, 0.2) is 0 Å². The first-order chi connectivity index (χ1) is 5.75. The van der Waals surface area contributed by atoms with Crippen molar-refractivity contribution in [1.29, 1.82) is 0 Å². The molecule has 0 saturated heterocycles. The number of rotatable bonds is 3. The van der Waals surface area contributed by atoms with Gasteiger partial charge in [-0.1, -0.05) is 0 Å². The summed E-state index contributed by atoms with van der Waals surface area (Å²) in [6, 6.07) is 3.21. The number of carbonyl (C=O) groups is 1. The van der Waals surface area contributed by atoms with Crippen LogP contribution in [0, 0.1) is 0 Å². The third kappa shape index (κ3) is 1.95. The van der Waals surface area contributed by atoms with Crippen LogP contribution in [0.4, 0.5) is 0 Å². The monoisotopic (exact) mass is 185 g/mol. The van der Waals surface area contributed by atoms with Crippen molar-refractivity contribution in [2.75, 3.05) is 6.61 Å². The Morgan fingerprint density at radius 1 is 1.75 bits per heavy atom. The van der Waals surface area contributed by atoms with Crippen LogP contribution in [0.5, 0.6) is 5.88 Å². The minimum Gasteiger partial charge on any atom is -0.477 e. The molecule has 0 aliphatic heterocycles. The molecule has 0 amide bonds. The number of nitrogens with zero attached hydrogens (tertiary/aromatic N) is 1.